The van der Waals surface area contributed by atoms with Crippen LogP contribution in [0.2, 0.25) is 8.87 Å². The van der Waals surface area contributed by atoms with Crippen molar-refractivity contribution in [2.24, 2.45) is 23.7 Å². The molecule has 0 rings (SSSR count). The van der Waals surface area contributed by atoms with Crippen molar-refractivity contribution in [3.63, 3.8) is 0 Å². The van der Waals surface area contributed by atoms with Crippen molar-refractivity contribution in [1.82, 2.24) is 0 Å². The van der Waals surface area contributed by atoms with Crippen molar-refractivity contribution in [1.29, 1.82) is 0 Å². The van der Waals surface area contributed by atoms with E-state index < -0.39 is 19.2 Å². The van der Waals surface area contributed by atoms with E-state index in [9.17, 15) is 9.59 Å². The van der Waals surface area contributed by atoms with Gasteiger partial charge in [-0.05, 0) is 0 Å². The number of hydrogen-bond donors (Lipinski definition) is 2. The molecule has 4 atom stereocenters. The van der Waals surface area contributed by atoms with E-state index >= 15 is 0 Å². The number of hydrogen-bond acceptors (Lipinski definition) is 6. The minimum atomic E-state index is -4.22. The number of rotatable bonds is 40. The van der Waals surface area contributed by atoms with Crippen LogP contribution in [0.15, 0.2) is 0 Å². The zero-order chi connectivity index (χ0) is 39.4. The first-order valence-electron chi connectivity index (χ1n) is 23.5. The summed E-state index contributed by atoms with van der Waals surface area (Å²) in [5.74, 6) is 1.23. The van der Waals surface area contributed by atoms with Gasteiger partial charge in [0.15, 0.2) is 0 Å². The fraction of sp³-hybridized carbons (Fsp3) is 0.957. The van der Waals surface area contributed by atoms with Crippen LogP contribution < -0.4 is 0 Å². The Morgan fingerprint density at radius 3 is 0.981 bits per heavy atom. The zero-order valence-electron chi connectivity index (χ0n) is 36.4. The average molecular weight is 892 g/mol. The van der Waals surface area contributed by atoms with Crippen LogP contribution in [0, 0.1) is 23.7 Å². The van der Waals surface area contributed by atoms with Crippen LogP contribution in [0.25, 0.3) is 0 Å². The van der Waals surface area contributed by atoms with Gasteiger partial charge in [0.1, 0.15) is 0 Å². The molecule has 0 aromatic heterocycles. The Hall–Kier alpha value is 0.439. The maximum atomic E-state index is 14.2. The molecule has 0 bridgehead atoms. The number of unbranched alkanes of at least 4 members (excludes halogenated alkanes) is 20. The third-order valence-corrected chi connectivity index (χ3v) is 22.3. The first kappa shape index (κ1) is 53.4. The molecule has 7 heteroatoms. The van der Waals surface area contributed by atoms with E-state index in [-0.39, 0.29) is 23.8 Å². The second-order valence-electron chi connectivity index (χ2n) is 16.7. The molecule has 53 heavy (non-hydrogen) atoms. The Labute approximate surface area is 348 Å². The van der Waals surface area contributed by atoms with Gasteiger partial charge in [-0.2, -0.15) is 0 Å². The first-order valence-corrected chi connectivity index (χ1v) is 31.1. The van der Waals surface area contributed by atoms with E-state index in [1.54, 1.807) is 0 Å². The molecule has 0 saturated carbocycles. The zero-order valence-corrected chi connectivity index (χ0v) is 41.0. The Kier molecular flexibility index (Phi) is 38.3. The monoisotopic (exact) mass is 893 g/mol. The predicted molar refractivity (Wildman–Crippen MR) is 242 cm³/mol. The van der Waals surface area contributed by atoms with Gasteiger partial charge in [0, 0.05) is 0 Å². The third kappa shape index (κ3) is 28.5. The van der Waals surface area contributed by atoms with Gasteiger partial charge in [-0.25, -0.2) is 0 Å². The van der Waals surface area contributed by atoms with Crippen LogP contribution in [0.4, 0.5) is 0 Å². The number of thiol groups is 2. The molecule has 0 aromatic carbocycles. The summed E-state index contributed by atoms with van der Waals surface area (Å²) in [7, 11) is 0. The SMILES string of the molecule is CCCCCCCCCCC[CH2][Sn]([CH2]CCCCCCCCCCC)([O]C(=O)C(CS)CC(CC)CCCC)[O]C(=O)C(CS)CC(CC)CCCC. The molecule has 0 fully saturated rings. The van der Waals surface area contributed by atoms with Gasteiger partial charge >= 0.3 is 350 Å². The Morgan fingerprint density at radius 2 is 0.717 bits per heavy atom. The van der Waals surface area contributed by atoms with Crippen molar-refractivity contribution in [3.05, 3.63) is 0 Å². The summed E-state index contributed by atoms with van der Waals surface area (Å²) in [6.45, 7) is 13.5. The number of carbonyl (C=O) groups is 2. The summed E-state index contributed by atoms with van der Waals surface area (Å²) in [5.41, 5.74) is 0. The fourth-order valence-corrected chi connectivity index (χ4v) is 18.0. The summed E-state index contributed by atoms with van der Waals surface area (Å²) in [4.78, 5) is 28.4. The summed E-state index contributed by atoms with van der Waals surface area (Å²) >= 11 is 5.18. The average Bonchev–Trinajstić information content (AvgIpc) is 3.16. The topological polar surface area (TPSA) is 52.6 Å². The standard InChI is InChI=1S/2C12H25.2C11H22O2S.Sn/c2*1-3-5-7-9-11-12-10-8-6-4-2;2*1-3-5-6-9(4-2)7-10(8-14)11(12)13;/h2*1,3-12H2,2H3;2*9-10,14H,3-8H2,1-2H3,(H,12,13);/q;;;;+2/p-2. The molecule has 4 nitrogen and oxygen atoms in total. The van der Waals surface area contributed by atoms with Gasteiger partial charge in [-0.3, -0.25) is 0 Å². The molecule has 0 heterocycles. The van der Waals surface area contributed by atoms with Crippen LogP contribution in [-0.4, -0.2) is 42.6 Å². The Morgan fingerprint density at radius 1 is 0.434 bits per heavy atom. The van der Waals surface area contributed by atoms with E-state index in [0.717, 1.165) is 73.1 Å². The molecular formula is C46H92O4S2Sn. The van der Waals surface area contributed by atoms with Gasteiger partial charge < -0.3 is 0 Å². The molecule has 0 spiro atoms. The second kappa shape index (κ2) is 38.0. The minimum absolute atomic E-state index is 0.130. The number of carbonyl (C=O) groups excluding carboxylic acids is 2. The summed E-state index contributed by atoms with van der Waals surface area (Å²) in [5, 5.41) is 0. The summed E-state index contributed by atoms with van der Waals surface area (Å²) in [6, 6.07) is 0. The quantitative estimate of drug-likeness (QED) is 0.0366. The first-order chi connectivity index (χ1) is 25.8. The van der Waals surface area contributed by atoms with E-state index in [4.69, 9.17) is 31.4 Å². The Balaban J connectivity index is 6.04. The maximum absolute atomic E-state index is 14.2. The molecular weight excluding hydrogens is 799 g/mol. The van der Waals surface area contributed by atoms with Crippen molar-refractivity contribution in [2.75, 3.05) is 11.5 Å². The van der Waals surface area contributed by atoms with Gasteiger partial charge in [0.2, 0.25) is 0 Å². The molecule has 0 saturated heterocycles. The van der Waals surface area contributed by atoms with Crippen LogP contribution in [-0.2, 0) is 15.7 Å². The van der Waals surface area contributed by atoms with Crippen LogP contribution in [0.3, 0.4) is 0 Å². The molecule has 316 valence electrons. The van der Waals surface area contributed by atoms with Gasteiger partial charge in [-0.1, -0.05) is 0 Å². The van der Waals surface area contributed by atoms with Crippen molar-refractivity contribution in [2.45, 2.75) is 243 Å². The molecule has 0 aliphatic rings. The van der Waals surface area contributed by atoms with E-state index in [0.29, 0.717) is 23.3 Å². The Bertz CT molecular complexity index is 761. The van der Waals surface area contributed by atoms with Crippen molar-refractivity contribution in [3.8, 4) is 0 Å². The van der Waals surface area contributed by atoms with Crippen LogP contribution >= 0.6 is 25.3 Å². The van der Waals surface area contributed by atoms with Crippen molar-refractivity contribution >= 4 is 56.4 Å². The molecule has 0 amide bonds. The van der Waals surface area contributed by atoms with Gasteiger partial charge in [0.05, 0.1) is 0 Å². The van der Waals surface area contributed by atoms with E-state index in [1.807, 2.05) is 0 Å². The fourth-order valence-electron chi connectivity index (χ4n) is 7.91. The second-order valence-corrected chi connectivity index (χ2v) is 26.6. The summed E-state index contributed by atoms with van der Waals surface area (Å²) < 4.78 is 15.2. The molecule has 0 aromatic rings. The van der Waals surface area contributed by atoms with Gasteiger partial charge in [-0.15, -0.1) is 0 Å². The van der Waals surface area contributed by atoms with Gasteiger partial charge in [0.25, 0.3) is 0 Å². The molecule has 0 N–H and O–H groups in total. The molecule has 0 aliphatic heterocycles. The molecule has 0 aliphatic carbocycles. The normalized spacial score (nSPS) is 14.2. The summed E-state index contributed by atoms with van der Waals surface area (Å²) in [6.07, 6.45) is 35.9. The van der Waals surface area contributed by atoms with Crippen molar-refractivity contribution < 1.29 is 15.7 Å². The third-order valence-electron chi connectivity index (χ3n) is 11.8. The van der Waals surface area contributed by atoms with E-state index in [2.05, 4.69) is 41.5 Å². The molecule has 0 radical (unpaired) electrons. The van der Waals surface area contributed by atoms with E-state index in [1.165, 1.54) is 128 Å². The predicted octanol–water partition coefficient (Wildman–Crippen LogP) is 15.7. The van der Waals surface area contributed by atoms with Crippen LogP contribution in [0.1, 0.15) is 234 Å². The molecule has 4 unspecified atom stereocenters. The van der Waals surface area contributed by atoms with Crippen LogP contribution in [0.5, 0.6) is 0 Å².